The van der Waals surface area contributed by atoms with Gasteiger partial charge in [0, 0.05) is 19.2 Å². The quantitative estimate of drug-likeness (QED) is 0.708. The van der Waals surface area contributed by atoms with Crippen LogP contribution in [0.15, 0.2) is 0 Å². The first kappa shape index (κ1) is 12.9. The van der Waals surface area contributed by atoms with Crippen LogP contribution in [0.5, 0.6) is 0 Å². The third kappa shape index (κ3) is 4.49. The minimum Gasteiger partial charge on any atom is -0.392 e. The van der Waals surface area contributed by atoms with Crippen molar-refractivity contribution in [2.24, 2.45) is 0 Å². The summed E-state index contributed by atoms with van der Waals surface area (Å²) >= 11 is 0. The summed E-state index contributed by atoms with van der Waals surface area (Å²) in [6, 6.07) is 0.684. The van der Waals surface area contributed by atoms with Crippen LogP contribution in [0.2, 0.25) is 0 Å². The van der Waals surface area contributed by atoms with Crippen molar-refractivity contribution in [3.8, 4) is 0 Å². The van der Waals surface area contributed by atoms with Gasteiger partial charge in [0.2, 0.25) is 0 Å². The molecule has 1 saturated carbocycles. The molecule has 2 N–H and O–H groups in total. The largest absolute Gasteiger partial charge is 0.392 e. The molecule has 0 radical (unpaired) electrons. The molecule has 1 aliphatic rings. The average Bonchev–Trinajstić information content (AvgIpc) is 2.22. The lowest BCUT2D eigenvalue weighted by molar-refractivity contribution is 0.0716. The fourth-order valence-electron chi connectivity index (χ4n) is 2.37. The molecule has 0 saturated heterocycles. The van der Waals surface area contributed by atoms with Crippen LogP contribution in [-0.4, -0.2) is 37.0 Å². The van der Waals surface area contributed by atoms with Crippen LogP contribution >= 0.6 is 0 Å². The molecule has 0 heterocycles. The summed E-state index contributed by atoms with van der Waals surface area (Å²) in [5.41, 5.74) is 0. The monoisotopic (exact) mass is 215 g/mol. The highest BCUT2D eigenvalue weighted by Gasteiger charge is 2.24. The average molecular weight is 215 g/mol. The molecule has 0 bridgehead atoms. The summed E-state index contributed by atoms with van der Waals surface area (Å²) in [5.74, 6) is 0. The zero-order valence-electron chi connectivity index (χ0n) is 10.0. The SMILES string of the molecule is CCCC(COC)N[C@H]1CCCC[C@@H]1O. The number of aliphatic hydroxyl groups is 1. The van der Waals surface area contributed by atoms with Crippen molar-refractivity contribution in [2.45, 2.75) is 63.6 Å². The van der Waals surface area contributed by atoms with Crippen LogP contribution in [0.25, 0.3) is 0 Å². The molecule has 0 aromatic carbocycles. The van der Waals surface area contributed by atoms with E-state index in [1.165, 1.54) is 12.8 Å². The van der Waals surface area contributed by atoms with Crippen LogP contribution in [0, 0.1) is 0 Å². The number of rotatable bonds is 6. The van der Waals surface area contributed by atoms with Crippen molar-refractivity contribution in [1.29, 1.82) is 0 Å². The smallest absolute Gasteiger partial charge is 0.0693 e. The fraction of sp³-hybridized carbons (Fsp3) is 1.00. The molecule has 0 aromatic heterocycles. The highest BCUT2D eigenvalue weighted by Crippen LogP contribution is 2.19. The molecule has 1 unspecified atom stereocenters. The maximum atomic E-state index is 9.85. The highest BCUT2D eigenvalue weighted by molar-refractivity contribution is 4.83. The molecule has 0 aromatic rings. The zero-order chi connectivity index (χ0) is 11.1. The van der Waals surface area contributed by atoms with E-state index in [-0.39, 0.29) is 12.1 Å². The van der Waals surface area contributed by atoms with Crippen LogP contribution in [0.3, 0.4) is 0 Å². The lowest BCUT2D eigenvalue weighted by Crippen LogP contribution is -2.48. The first-order valence-corrected chi connectivity index (χ1v) is 6.21. The molecule has 1 rings (SSSR count). The van der Waals surface area contributed by atoms with Gasteiger partial charge in [0.05, 0.1) is 12.7 Å². The Morgan fingerprint density at radius 3 is 2.73 bits per heavy atom. The standard InChI is InChI=1S/C12H25NO2/c1-3-6-10(9-15-2)13-11-7-4-5-8-12(11)14/h10-14H,3-9H2,1-2H3/t10?,11-,12-/m0/s1. The van der Waals surface area contributed by atoms with Gasteiger partial charge in [-0.3, -0.25) is 0 Å². The van der Waals surface area contributed by atoms with Gasteiger partial charge in [0.15, 0.2) is 0 Å². The number of methoxy groups -OCH3 is 1. The number of nitrogens with one attached hydrogen (secondary N) is 1. The Kier molecular flexibility index (Phi) is 6.22. The van der Waals surface area contributed by atoms with Gasteiger partial charge in [-0.1, -0.05) is 26.2 Å². The Hall–Kier alpha value is -0.120. The summed E-state index contributed by atoms with van der Waals surface area (Å²) in [6.07, 6.45) is 6.58. The molecule has 0 amide bonds. The summed E-state index contributed by atoms with van der Waals surface area (Å²) in [6.45, 7) is 2.93. The molecule has 15 heavy (non-hydrogen) atoms. The van der Waals surface area contributed by atoms with Crippen molar-refractivity contribution in [1.82, 2.24) is 5.32 Å². The van der Waals surface area contributed by atoms with Gasteiger partial charge in [-0.05, 0) is 19.3 Å². The molecular weight excluding hydrogens is 190 g/mol. The first-order chi connectivity index (χ1) is 7.27. The van der Waals surface area contributed by atoms with Gasteiger partial charge in [0.1, 0.15) is 0 Å². The topological polar surface area (TPSA) is 41.5 Å². The molecule has 0 aliphatic heterocycles. The normalized spacial score (nSPS) is 29.0. The summed E-state index contributed by atoms with van der Waals surface area (Å²) < 4.78 is 5.19. The van der Waals surface area contributed by atoms with E-state index in [0.717, 1.165) is 32.3 Å². The zero-order valence-corrected chi connectivity index (χ0v) is 10.0. The van der Waals surface area contributed by atoms with Gasteiger partial charge < -0.3 is 15.2 Å². The molecule has 3 heteroatoms. The van der Waals surface area contributed by atoms with Gasteiger partial charge in [0.25, 0.3) is 0 Å². The maximum Gasteiger partial charge on any atom is 0.0693 e. The third-order valence-electron chi connectivity index (χ3n) is 3.18. The van der Waals surface area contributed by atoms with E-state index in [2.05, 4.69) is 12.2 Å². The number of hydrogen-bond donors (Lipinski definition) is 2. The van der Waals surface area contributed by atoms with E-state index in [9.17, 15) is 5.11 Å². The third-order valence-corrected chi connectivity index (χ3v) is 3.18. The number of ether oxygens (including phenoxy) is 1. The molecule has 90 valence electrons. The maximum absolute atomic E-state index is 9.85. The van der Waals surface area contributed by atoms with Crippen molar-refractivity contribution >= 4 is 0 Å². The van der Waals surface area contributed by atoms with Gasteiger partial charge in [-0.25, -0.2) is 0 Å². The lowest BCUT2D eigenvalue weighted by atomic mass is 9.92. The van der Waals surface area contributed by atoms with Crippen molar-refractivity contribution in [2.75, 3.05) is 13.7 Å². The minimum atomic E-state index is -0.157. The van der Waals surface area contributed by atoms with E-state index in [0.29, 0.717) is 6.04 Å². The second kappa shape index (κ2) is 7.20. The molecule has 3 nitrogen and oxygen atoms in total. The number of aliphatic hydroxyl groups excluding tert-OH is 1. The molecule has 3 atom stereocenters. The van der Waals surface area contributed by atoms with Gasteiger partial charge in [-0.15, -0.1) is 0 Å². The highest BCUT2D eigenvalue weighted by atomic mass is 16.5. The van der Waals surface area contributed by atoms with Crippen molar-refractivity contribution < 1.29 is 9.84 Å². The van der Waals surface area contributed by atoms with E-state index in [4.69, 9.17) is 4.74 Å². The Morgan fingerprint density at radius 1 is 1.40 bits per heavy atom. The Morgan fingerprint density at radius 2 is 2.13 bits per heavy atom. The Labute approximate surface area is 93.2 Å². The van der Waals surface area contributed by atoms with Crippen molar-refractivity contribution in [3.05, 3.63) is 0 Å². The Bertz CT molecular complexity index is 158. The second-order valence-electron chi connectivity index (χ2n) is 4.57. The van der Waals surface area contributed by atoms with E-state index >= 15 is 0 Å². The van der Waals surface area contributed by atoms with E-state index in [1.807, 2.05) is 0 Å². The first-order valence-electron chi connectivity index (χ1n) is 6.21. The number of hydrogen-bond acceptors (Lipinski definition) is 3. The van der Waals surface area contributed by atoms with Gasteiger partial charge in [-0.2, -0.15) is 0 Å². The summed E-state index contributed by atoms with van der Waals surface area (Å²) in [4.78, 5) is 0. The lowest BCUT2D eigenvalue weighted by Gasteiger charge is -2.32. The fourth-order valence-corrected chi connectivity index (χ4v) is 2.37. The Balaban J connectivity index is 2.33. The minimum absolute atomic E-state index is 0.157. The van der Waals surface area contributed by atoms with Crippen molar-refractivity contribution in [3.63, 3.8) is 0 Å². The van der Waals surface area contributed by atoms with Crippen LogP contribution in [-0.2, 0) is 4.74 Å². The molecule has 0 spiro atoms. The predicted octanol–water partition coefficient (Wildman–Crippen LogP) is 1.69. The van der Waals surface area contributed by atoms with Gasteiger partial charge >= 0.3 is 0 Å². The predicted molar refractivity (Wildman–Crippen MR) is 62.0 cm³/mol. The van der Waals surface area contributed by atoms with E-state index in [1.54, 1.807) is 7.11 Å². The second-order valence-corrected chi connectivity index (χ2v) is 4.57. The molecular formula is C12H25NO2. The summed E-state index contributed by atoms with van der Waals surface area (Å²) in [5, 5.41) is 13.4. The van der Waals surface area contributed by atoms with Crippen LogP contribution in [0.1, 0.15) is 45.4 Å². The van der Waals surface area contributed by atoms with Crippen LogP contribution in [0.4, 0.5) is 0 Å². The van der Waals surface area contributed by atoms with Crippen LogP contribution < -0.4 is 5.32 Å². The molecule has 1 fully saturated rings. The van der Waals surface area contributed by atoms with E-state index < -0.39 is 0 Å². The summed E-state index contributed by atoms with van der Waals surface area (Å²) in [7, 11) is 1.74. The molecule has 1 aliphatic carbocycles.